The number of benzene rings is 2. The largest absolute Gasteiger partial charge is 0.494 e. The molecule has 1 N–H and O–H groups in total. The summed E-state index contributed by atoms with van der Waals surface area (Å²) < 4.78 is 11.3. The normalized spacial score (nSPS) is 18.2. The van der Waals surface area contributed by atoms with Gasteiger partial charge < -0.3 is 14.6 Å². The zero-order valence-corrected chi connectivity index (χ0v) is 17.8. The maximum absolute atomic E-state index is 11.9. The first-order chi connectivity index (χ1) is 14.2. The number of ether oxygens (including phenoxy) is 2. The first-order valence-electron chi connectivity index (χ1n) is 11.0. The highest BCUT2D eigenvalue weighted by atomic mass is 16.5. The van der Waals surface area contributed by atoms with Gasteiger partial charge in [0.1, 0.15) is 5.75 Å². The predicted molar refractivity (Wildman–Crippen MR) is 117 cm³/mol. The highest BCUT2D eigenvalue weighted by Crippen LogP contribution is 2.41. The van der Waals surface area contributed by atoms with E-state index in [-0.39, 0.29) is 5.92 Å². The van der Waals surface area contributed by atoms with Gasteiger partial charge >= 0.3 is 0 Å². The van der Waals surface area contributed by atoms with E-state index in [1.54, 1.807) is 0 Å². The van der Waals surface area contributed by atoms with Gasteiger partial charge in [-0.15, -0.1) is 0 Å². The molecule has 1 fully saturated rings. The molecular weight excluding hydrogens is 362 g/mol. The summed E-state index contributed by atoms with van der Waals surface area (Å²) in [6.45, 7) is 9.11. The van der Waals surface area contributed by atoms with Gasteiger partial charge in [0.2, 0.25) is 0 Å². The van der Waals surface area contributed by atoms with E-state index < -0.39 is 5.60 Å². The maximum Gasteiger partial charge on any atom is 0.119 e. The van der Waals surface area contributed by atoms with Crippen molar-refractivity contribution in [2.45, 2.75) is 44.6 Å². The Morgan fingerprint density at radius 3 is 2.34 bits per heavy atom. The Bertz CT molecular complexity index is 713. The van der Waals surface area contributed by atoms with Crippen LogP contribution in [0.25, 0.3) is 0 Å². The summed E-state index contributed by atoms with van der Waals surface area (Å²) in [7, 11) is 0. The summed E-state index contributed by atoms with van der Waals surface area (Å²) >= 11 is 0. The third-order valence-electron chi connectivity index (χ3n) is 5.98. The molecule has 0 spiro atoms. The minimum absolute atomic E-state index is 0.0151. The Kier molecular flexibility index (Phi) is 8.10. The van der Waals surface area contributed by atoms with Crippen LogP contribution in [0.5, 0.6) is 5.75 Å². The second-order valence-corrected chi connectivity index (χ2v) is 7.88. The monoisotopic (exact) mass is 397 g/mol. The fraction of sp³-hybridized carbons (Fsp3) is 0.520. The van der Waals surface area contributed by atoms with Crippen molar-refractivity contribution in [3.05, 3.63) is 65.7 Å². The Morgan fingerprint density at radius 2 is 1.72 bits per heavy atom. The molecule has 0 saturated carbocycles. The van der Waals surface area contributed by atoms with Gasteiger partial charge in [-0.05, 0) is 36.1 Å². The van der Waals surface area contributed by atoms with E-state index in [0.717, 1.165) is 63.6 Å². The van der Waals surface area contributed by atoms with Gasteiger partial charge in [0.25, 0.3) is 0 Å². The Balaban J connectivity index is 1.86. The zero-order chi connectivity index (χ0) is 20.5. The van der Waals surface area contributed by atoms with E-state index in [1.807, 2.05) is 30.3 Å². The highest BCUT2D eigenvalue weighted by molar-refractivity contribution is 5.35. The molecule has 0 bridgehead atoms. The molecule has 4 heteroatoms. The molecule has 0 aromatic heterocycles. The van der Waals surface area contributed by atoms with Crippen LogP contribution in [0.15, 0.2) is 54.6 Å². The van der Waals surface area contributed by atoms with Gasteiger partial charge in [-0.25, -0.2) is 0 Å². The molecule has 2 aromatic rings. The smallest absolute Gasteiger partial charge is 0.119 e. The molecule has 0 aliphatic carbocycles. The third-order valence-corrected chi connectivity index (χ3v) is 5.98. The molecule has 1 aliphatic rings. The van der Waals surface area contributed by atoms with E-state index >= 15 is 0 Å². The lowest BCUT2D eigenvalue weighted by Gasteiger charge is -2.40. The third kappa shape index (κ3) is 5.59. The van der Waals surface area contributed by atoms with Crippen molar-refractivity contribution in [3.63, 3.8) is 0 Å². The number of hydrogen-bond donors (Lipinski definition) is 1. The van der Waals surface area contributed by atoms with Crippen molar-refractivity contribution < 1.29 is 14.6 Å². The van der Waals surface area contributed by atoms with Gasteiger partial charge in [0.15, 0.2) is 0 Å². The minimum Gasteiger partial charge on any atom is -0.494 e. The van der Waals surface area contributed by atoms with Gasteiger partial charge in [-0.1, -0.05) is 62.7 Å². The predicted octanol–water partition coefficient (Wildman–Crippen LogP) is 4.58. The summed E-state index contributed by atoms with van der Waals surface area (Å²) in [6, 6.07) is 18.4. The van der Waals surface area contributed by atoms with Gasteiger partial charge in [0, 0.05) is 25.6 Å². The molecule has 158 valence electrons. The van der Waals surface area contributed by atoms with Crippen molar-refractivity contribution in [2.24, 2.45) is 0 Å². The summed E-state index contributed by atoms with van der Waals surface area (Å²) in [5, 5.41) is 11.9. The first-order valence-corrected chi connectivity index (χ1v) is 11.0. The van der Waals surface area contributed by atoms with E-state index in [0.29, 0.717) is 6.42 Å². The van der Waals surface area contributed by atoms with Gasteiger partial charge in [0.05, 0.1) is 25.4 Å². The Labute approximate surface area is 175 Å². The molecule has 1 saturated heterocycles. The number of rotatable bonds is 10. The van der Waals surface area contributed by atoms with Crippen LogP contribution in [0.4, 0.5) is 0 Å². The lowest BCUT2D eigenvalue weighted by molar-refractivity contribution is -0.0250. The van der Waals surface area contributed by atoms with Crippen LogP contribution in [0, 0.1) is 0 Å². The molecule has 29 heavy (non-hydrogen) atoms. The number of morpholine rings is 1. The standard InChI is InChI=1S/C25H35NO3/c1-3-5-17-29-23-13-11-22(12-14-23)25(27,4-2)24(21-9-7-6-8-10-21)20-26-15-18-28-19-16-26/h6-14,24,27H,3-5,15-20H2,1-2H3/t24-,25+/m0/s1. The highest BCUT2D eigenvalue weighted by Gasteiger charge is 2.39. The second-order valence-electron chi connectivity index (χ2n) is 7.88. The van der Waals surface area contributed by atoms with Gasteiger partial charge in [-0.3, -0.25) is 4.90 Å². The summed E-state index contributed by atoms with van der Waals surface area (Å²) in [5.41, 5.74) is 1.18. The number of hydrogen-bond acceptors (Lipinski definition) is 4. The lowest BCUT2D eigenvalue weighted by Crippen LogP contribution is -2.44. The van der Waals surface area contributed by atoms with Crippen molar-refractivity contribution in [3.8, 4) is 5.75 Å². The molecule has 1 heterocycles. The van der Waals surface area contributed by atoms with Crippen LogP contribution in [-0.4, -0.2) is 49.5 Å². The van der Waals surface area contributed by atoms with Crippen LogP contribution in [0.3, 0.4) is 0 Å². The van der Waals surface area contributed by atoms with Crippen LogP contribution >= 0.6 is 0 Å². The molecular formula is C25H35NO3. The van der Waals surface area contributed by atoms with Gasteiger partial charge in [-0.2, -0.15) is 0 Å². The quantitative estimate of drug-likeness (QED) is 0.596. The molecule has 0 radical (unpaired) electrons. The SMILES string of the molecule is CCCCOc1ccc([C@](O)(CC)[C@@H](CN2CCOCC2)c2ccccc2)cc1. The lowest BCUT2D eigenvalue weighted by atomic mass is 9.75. The molecule has 3 rings (SSSR count). The van der Waals surface area contributed by atoms with Crippen molar-refractivity contribution in [2.75, 3.05) is 39.5 Å². The number of nitrogens with zero attached hydrogens (tertiary/aromatic N) is 1. The fourth-order valence-corrected chi connectivity index (χ4v) is 4.09. The molecule has 2 atom stereocenters. The zero-order valence-electron chi connectivity index (χ0n) is 17.8. The van der Waals surface area contributed by atoms with Crippen LogP contribution in [-0.2, 0) is 10.3 Å². The van der Waals surface area contributed by atoms with E-state index in [9.17, 15) is 5.11 Å². The van der Waals surface area contributed by atoms with Crippen LogP contribution in [0.2, 0.25) is 0 Å². The maximum atomic E-state index is 11.9. The second kappa shape index (κ2) is 10.8. The first kappa shape index (κ1) is 21.8. The van der Waals surface area contributed by atoms with E-state index in [2.05, 4.69) is 43.0 Å². The summed E-state index contributed by atoms with van der Waals surface area (Å²) in [4.78, 5) is 2.41. The number of unbranched alkanes of at least 4 members (excludes halogenated alkanes) is 1. The Morgan fingerprint density at radius 1 is 1.03 bits per heavy atom. The van der Waals surface area contributed by atoms with Crippen molar-refractivity contribution in [1.82, 2.24) is 4.90 Å². The molecule has 0 amide bonds. The Hall–Kier alpha value is -1.88. The van der Waals surface area contributed by atoms with Crippen molar-refractivity contribution >= 4 is 0 Å². The number of aliphatic hydroxyl groups is 1. The van der Waals surface area contributed by atoms with Crippen molar-refractivity contribution in [1.29, 1.82) is 0 Å². The van der Waals surface area contributed by atoms with E-state index in [1.165, 1.54) is 5.56 Å². The summed E-state index contributed by atoms with van der Waals surface area (Å²) in [6.07, 6.45) is 2.82. The van der Waals surface area contributed by atoms with E-state index in [4.69, 9.17) is 9.47 Å². The van der Waals surface area contributed by atoms with Crippen LogP contribution < -0.4 is 4.74 Å². The molecule has 0 unspecified atom stereocenters. The topological polar surface area (TPSA) is 41.9 Å². The molecule has 1 aliphatic heterocycles. The average molecular weight is 398 g/mol. The molecule has 2 aromatic carbocycles. The average Bonchev–Trinajstić information content (AvgIpc) is 2.79. The minimum atomic E-state index is -0.943. The van der Waals surface area contributed by atoms with Crippen LogP contribution in [0.1, 0.15) is 50.2 Å². The summed E-state index contributed by atoms with van der Waals surface area (Å²) in [5.74, 6) is 0.851. The fourth-order valence-electron chi connectivity index (χ4n) is 4.09. The molecule has 4 nitrogen and oxygen atoms in total.